The molecule has 0 spiro atoms. The van der Waals surface area contributed by atoms with Gasteiger partial charge in [0.15, 0.2) is 5.76 Å². The molecule has 1 aliphatic rings. The van der Waals surface area contributed by atoms with E-state index in [-0.39, 0.29) is 12.3 Å². The van der Waals surface area contributed by atoms with Crippen molar-refractivity contribution in [2.24, 2.45) is 0 Å². The quantitative estimate of drug-likeness (QED) is 0.469. The highest BCUT2D eigenvalue weighted by Crippen LogP contribution is 2.46. The van der Waals surface area contributed by atoms with Crippen molar-refractivity contribution in [3.8, 4) is 11.5 Å². The summed E-state index contributed by atoms with van der Waals surface area (Å²) in [5.74, 6) is 0.634. The third-order valence-electron chi connectivity index (χ3n) is 5.70. The molecule has 0 aromatic heterocycles. The zero-order chi connectivity index (χ0) is 22.8. The lowest BCUT2D eigenvalue weighted by Gasteiger charge is -2.29. The molecule has 0 saturated carbocycles. The minimum atomic E-state index is -0.465. The van der Waals surface area contributed by atoms with Gasteiger partial charge in [-0.05, 0) is 36.2 Å². The van der Waals surface area contributed by atoms with Gasteiger partial charge in [0.1, 0.15) is 11.5 Å². The molecule has 0 aliphatic carbocycles. The maximum Gasteiger partial charge on any atom is 0.290 e. The summed E-state index contributed by atoms with van der Waals surface area (Å²) in [7, 11) is 3.18. The highest BCUT2D eigenvalue weighted by atomic mass is 79.9. The van der Waals surface area contributed by atoms with E-state index in [0.29, 0.717) is 17.1 Å². The van der Waals surface area contributed by atoms with Gasteiger partial charge in [0.2, 0.25) is 0 Å². The van der Waals surface area contributed by atoms with Crippen LogP contribution in [0.15, 0.2) is 77.0 Å². The molecule has 4 rings (SSSR count). The van der Waals surface area contributed by atoms with Crippen molar-refractivity contribution in [3.05, 3.63) is 99.2 Å². The number of hydrogen-bond acceptors (Lipinski definition) is 4. The number of rotatable bonds is 6. The van der Waals surface area contributed by atoms with Crippen molar-refractivity contribution in [1.29, 1.82) is 0 Å². The van der Waals surface area contributed by atoms with Gasteiger partial charge >= 0.3 is 0 Å². The second-order valence-corrected chi connectivity index (χ2v) is 8.52. The first kappa shape index (κ1) is 22.0. The van der Waals surface area contributed by atoms with Gasteiger partial charge in [-0.1, -0.05) is 64.0 Å². The number of aryl methyl sites for hydroxylation is 1. The molecule has 164 valence electrons. The van der Waals surface area contributed by atoms with Crippen molar-refractivity contribution in [2.45, 2.75) is 19.5 Å². The van der Waals surface area contributed by atoms with E-state index in [0.717, 1.165) is 26.7 Å². The Kier molecular flexibility index (Phi) is 6.24. The van der Waals surface area contributed by atoms with E-state index in [1.165, 1.54) is 0 Å². The summed E-state index contributed by atoms with van der Waals surface area (Å²) in [5, 5.41) is 11.0. The molecule has 1 N–H and O–H groups in total. The van der Waals surface area contributed by atoms with Crippen LogP contribution in [0.1, 0.15) is 28.3 Å². The minimum Gasteiger partial charge on any atom is -0.503 e. The van der Waals surface area contributed by atoms with Gasteiger partial charge in [0.25, 0.3) is 5.91 Å². The first-order valence-electron chi connectivity index (χ1n) is 10.2. The van der Waals surface area contributed by atoms with Crippen molar-refractivity contribution < 1.29 is 19.4 Å². The molecule has 1 aliphatic heterocycles. The number of aliphatic hydroxyl groups excluding tert-OH is 1. The maximum absolute atomic E-state index is 13.3. The van der Waals surface area contributed by atoms with E-state index < -0.39 is 11.9 Å². The van der Waals surface area contributed by atoms with Gasteiger partial charge in [-0.15, -0.1) is 0 Å². The molecule has 0 fully saturated rings. The van der Waals surface area contributed by atoms with E-state index >= 15 is 0 Å². The first-order valence-corrected chi connectivity index (χ1v) is 11.0. The van der Waals surface area contributed by atoms with E-state index in [2.05, 4.69) is 15.9 Å². The molecule has 0 bridgehead atoms. The number of amides is 1. The summed E-state index contributed by atoms with van der Waals surface area (Å²) in [6.45, 7) is 2.27. The molecule has 1 heterocycles. The minimum absolute atomic E-state index is 0.234. The molecular formula is C26H24BrNO4. The summed E-state index contributed by atoms with van der Waals surface area (Å²) in [5.41, 5.74) is 4.22. The van der Waals surface area contributed by atoms with Crippen LogP contribution in [0.4, 0.5) is 0 Å². The number of carbonyl (C=O) groups excluding carboxylic acids is 1. The van der Waals surface area contributed by atoms with Gasteiger partial charge in [-0.3, -0.25) is 4.79 Å². The predicted molar refractivity (Wildman–Crippen MR) is 128 cm³/mol. The fourth-order valence-corrected chi connectivity index (χ4v) is 4.53. The lowest BCUT2D eigenvalue weighted by Crippen LogP contribution is -2.30. The van der Waals surface area contributed by atoms with Crippen LogP contribution in [0, 0.1) is 6.92 Å². The smallest absolute Gasteiger partial charge is 0.290 e. The number of hydrogen-bond donors (Lipinski definition) is 1. The number of benzene rings is 3. The number of ether oxygens (including phenoxy) is 2. The Balaban J connectivity index is 1.83. The summed E-state index contributed by atoms with van der Waals surface area (Å²) in [6.07, 6.45) is 0. The molecule has 6 heteroatoms. The molecule has 3 aromatic carbocycles. The molecular weight excluding hydrogens is 470 g/mol. The van der Waals surface area contributed by atoms with Crippen LogP contribution >= 0.6 is 15.9 Å². The number of halogens is 1. The normalized spacial score (nSPS) is 15.9. The zero-order valence-electron chi connectivity index (χ0n) is 18.1. The molecule has 3 aromatic rings. The van der Waals surface area contributed by atoms with Crippen molar-refractivity contribution >= 4 is 27.4 Å². The second kappa shape index (κ2) is 9.09. The molecule has 0 radical (unpaired) electrons. The number of nitrogens with zero attached hydrogens (tertiary/aromatic N) is 1. The third-order valence-corrected chi connectivity index (χ3v) is 6.42. The Hall–Kier alpha value is -3.25. The van der Waals surface area contributed by atoms with Crippen molar-refractivity contribution in [3.63, 3.8) is 0 Å². The van der Waals surface area contributed by atoms with E-state index in [1.807, 2.05) is 67.6 Å². The highest BCUT2D eigenvalue weighted by molar-refractivity contribution is 9.10. The Labute approximate surface area is 196 Å². The molecule has 1 amide bonds. The fraction of sp³-hybridized carbons (Fsp3) is 0.192. The van der Waals surface area contributed by atoms with Crippen LogP contribution in [0.25, 0.3) is 5.57 Å². The lowest BCUT2D eigenvalue weighted by atomic mass is 9.93. The van der Waals surface area contributed by atoms with Crippen LogP contribution in [0.2, 0.25) is 0 Å². The van der Waals surface area contributed by atoms with Crippen LogP contribution in [0.3, 0.4) is 0 Å². The summed E-state index contributed by atoms with van der Waals surface area (Å²) in [4.78, 5) is 15.0. The molecule has 1 atom stereocenters. The zero-order valence-corrected chi connectivity index (χ0v) is 19.7. The largest absolute Gasteiger partial charge is 0.503 e. The Morgan fingerprint density at radius 3 is 2.38 bits per heavy atom. The average Bonchev–Trinajstić information content (AvgIpc) is 3.05. The van der Waals surface area contributed by atoms with Gasteiger partial charge in [-0.25, -0.2) is 0 Å². The first-order chi connectivity index (χ1) is 15.4. The lowest BCUT2D eigenvalue weighted by molar-refractivity contribution is -0.130. The number of aliphatic hydroxyl groups is 1. The van der Waals surface area contributed by atoms with Gasteiger partial charge in [0.05, 0.1) is 26.8 Å². The van der Waals surface area contributed by atoms with Crippen LogP contribution in [-0.4, -0.2) is 30.1 Å². The molecule has 0 saturated heterocycles. The van der Waals surface area contributed by atoms with Crippen LogP contribution < -0.4 is 9.47 Å². The average molecular weight is 494 g/mol. The van der Waals surface area contributed by atoms with Crippen LogP contribution in [-0.2, 0) is 11.3 Å². The van der Waals surface area contributed by atoms with Gasteiger partial charge in [-0.2, -0.15) is 0 Å². The SMILES string of the molecule is COc1ccc(CN2C(=O)C(O)=C(c3ccc(C)cc3)[C@@H]2c2ccccc2Br)c(OC)c1. The van der Waals surface area contributed by atoms with E-state index in [4.69, 9.17) is 9.47 Å². The van der Waals surface area contributed by atoms with Crippen molar-refractivity contribution in [2.75, 3.05) is 14.2 Å². The van der Waals surface area contributed by atoms with E-state index in [1.54, 1.807) is 25.2 Å². The highest BCUT2D eigenvalue weighted by Gasteiger charge is 2.42. The topological polar surface area (TPSA) is 59.0 Å². The summed E-state index contributed by atoms with van der Waals surface area (Å²) >= 11 is 3.63. The third kappa shape index (κ3) is 3.98. The maximum atomic E-state index is 13.3. The van der Waals surface area contributed by atoms with Crippen LogP contribution in [0.5, 0.6) is 11.5 Å². The molecule has 5 nitrogen and oxygen atoms in total. The van der Waals surface area contributed by atoms with Gasteiger partial charge < -0.3 is 19.5 Å². The summed E-state index contributed by atoms with van der Waals surface area (Å²) in [6, 6.07) is 20.6. The van der Waals surface area contributed by atoms with Gasteiger partial charge in [0, 0.05) is 21.7 Å². The molecule has 0 unspecified atom stereocenters. The standard InChI is InChI=1S/C26H24BrNO4/c1-16-8-10-17(11-9-16)23-24(20-6-4-5-7-21(20)27)28(26(30)25(23)29)15-18-12-13-19(31-2)14-22(18)32-3/h4-14,24,29H,15H2,1-3H3/t24-/m0/s1. The second-order valence-electron chi connectivity index (χ2n) is 7.66. The Morgan fingerprint density at radius 1 is 1.00 bits per heavy atom. The Morgan fingerprint density at radius 2 is 1.72 bits per heavy atom. The fourth-order valence-electron chi connectivity index (χ4n) is 4.03. The molecule has 32 heavy (non-hydrogen) atoms. The summed E-state index contributed by atoms with van der Waals surface area (Å²) < 4.78 is 11.7. The number of carbonyl (C=O) groups is 1. The number of methoxy groups -OCH3 is 2. The predicted octanol–water partition coefficient (Wildman–Crippen LogP) is 5.83. The van der Waals surface area contributed by atoms with E-state index in [9.17, 15) is 9.90 Å². The monoisotopic (exact) mass is 493 g/mol. The van der Waals surface area contributed by atoms with Crippen molar-refractivity contribution in [1.82, 2.24) is 4.90 Å². The Bertz CT molecular complexity index is 1190.